The lowest BCUT2D eigenvalue weighted by Gasteiger charge is -2.10. The first-order chi connectivity index (χ1) is 8.92. The fourth-order valence-corrected chi connectivity index (χ4v) is 3.85. The Morgan fingerprint density at radius 1 is 1.33 bits per heavy atom. The highest BCUT2D eigenvalue weighted by Gasteiger charge is 2.15. The molecule has 1 atom stereocenters. The molecule has 0 radical (unpaired) electrons. The van der Waals surface area contributed by atoms with Crippen molar-refractivity contribution in [3.8, 4) is 5.06 Å². The van der Waals surface area contributed by atoms with Crippen LogP contribution in [0, 0.1) is 5.92 Å². The largest absolute Gasteiger partial charge is 0.484 e. The van der Waals surface area contributed by atoms with Gasteiger partial charge >= 0.3 is 0 Å². The van der Waals surface area contributed by atoms with Gasteiger partial charge in [-0.15, -0.1) is 11.3 Å². The summed E-state index contributed by atoms with van der Waals surface area (Å²) in [7, 11) is 0. The molecule has 1 fully saturated rings. The molecule has 1 saturated heterocycles. The van der Waals surface area contributed by atoms with Crippen LogP contribution in [0.15, 0.2) is 6.07 Å². The Bertz CT molecular complexity index is 362. The van der Waals surface area contributed by atoms with Gasteiger partial charge in [0.15, 0.2) is 5.06 Å². The summed E-state index contributed by atoms with van der Waals surface area (Å²) < 4.78 is 5.89. The van der Waals surface area contributed by atoms with Crippen molar-refractivity contribution in [1.29, 1.82) is 0 Å². The number of fused-ring (bicyclic) bond motifs is 1. The van der Waals surface area contributed by atoms with Gasteiger partial charge in [-0.25, -0.2) is 0 Å². The maximum Gasteiger partial charge on any atom is 0.174 e. The lowest BCUT2D eigenvalue weighted by molar-refractivity contribution is 0.302. The predicted molar refractivity (Wildman–Crippen MR) is 75.4 cm³/mol. The molecule has 0 saturated carbocycles. The Labute approximate surface area is 113 Å². The Balaban J connectivity index is 1.41. The summed E-state index contributed by atoms with van der Waals surface area (Å²) in [6.45, 7) is 5.42. The second kappa shape index (κ2) is 6.04. The van der Waals surface area contributed by atoms with Gasteiger partial charge in [-0.1, -0.05) is 0 Å². The van der Waals surface area contributed by atoms with Crippen LogP contribution in [0.25, 0.3) is 0 Å². The zero-order valence-corrected chi connectivity index (χ0v) is 11.7. The lowest BCUT2D eigenvalue weighted by Crippen LogP contribution is -2.21. The fraction of sp³-hybridized carbons (Fsp3) is 0.714. The zero-order valence-electron chi connectivity index (χ0n) is 10.8. The van der Waals surface area contributed by atoms with Crippen LogP contribution >= 0.6 is 11.3 Å². The van der Waals surface area contributed by atoms with Gasteiger partial charge in [0.2, 0.25) is 0 Å². The van der Waals surface area contributed by atoms with E-state index in [9.17, 15) is 0 Å². The van der Waals surface area contributed by atoms with Crippen LogP contribution in [0.4, 0.5) is 0 Å². The van der Waals surface area contributed by atoms with E-state index < -0.39 is 0 Å². The Morgan fingerprint density at radius 3 is 3.17 bits per heavy atom. The van der Waals surface area contributed by atoms with Crippen LogP contribution < -0.4 is 15.4 Å². The summed E-state index contributed by atoms with van der Waals surface area (Å²) in [6.07, 6.45) is 4.99. The first kappa shape index (κ1) is 12.5. The molecule has 0 aromatic carbocycles. The number of ether oxygens (including phenoxy) is 1. The lowest BCUT2D eigenvalue weighted by atomic mass is 10.0. The molecule has 3 rings (SSSR count). The van der Waals surface area contributed by atoms with Gasteiger partial charge in [-0.3, -0.25) is 0 Å². The van der Waals surface area contributed by atoms with Crippen molar-refractivity contribution in [1.82, 2.24) is 10.6 Å². The van der Waals surface area contributed by atoms with Crippen molar-refractivity contribution in [2.24, 2.45) is 5.92 Å². The molecule has 4 heteroatoms. The van der Waals surface area contributed by atoms with Gasteiger partial charge in [0.1, 0.15) is 0 Å². The molecule has 1 unspecified atom stereocenters. The van der Waals surface area contributed by atoms with E-state index in [2.05, 4.69) is 16.7 Å². The summed E-state index contributed by atoms with van der Waals surface area (Å²) in [6, 6.07) is 2.25. The summed E-state index contributed by atoms with van der Waals surface area (Å²) >= 11 is 1.82. The van der Waals surface area contributed by atoms with E-state index in [1.54, 1.807) is 0 Å². The van der Waals surface area contributed by atoms with Gasteiger partial charge in [-0.2, -0.15) is 0 Å². The van der Waals surface area contributed by atoms with E-state index in [4.69, 9.17) is 4.74 Å². The summed E-state index contributed by atoms with van der Waals surface area (Å²) in [4.78, 5) is 1.47. The maximum atomic E-state index is 5.89. The summed E-state index contributed by atoms with van der Waals surface area (Å²) in [5.41, 5.74) is 1.49. The topological polar surface area (TPSA) is 33.3 Å². The van der Waals surface area contributed by atoms with Crippen molar-refractivity contribution in [2.45, 2.75) is 32.2 Å². The molecule has 1 aromatic rings. The monoisotopic (exact) mass is 266 g/mol. The molecule has 100 valence electrons. The molecule has 2 N–H and O–H groups in total. The molecule has 3 nitrogen and oxygen atoms in total. The van der Waals surface area contributed by atoms with Gasteiger partial charge in [-0.05, 0) is 62.9 Å². The van der Waals surface area contributed by atoms with Gasteiger partial charge in [0.25, 0.3) is 0 Å². The van der Waals surface area contributed by atoms with Gasteiger partial charge < -0.3 is 15.4 Å². The number of rotatable bonds is 5. The zero-order chi connectivity index (χ0) is 12.2. The van der Waals surface area contributed by atoms with Gasteiger partial charge in [0, 0.05) is 11.4 Å². The highest BCUT2D eigenvalue weighted by Crippen LogP contribution is 2.31. The smallest absolute Gasteiger partial charge is 0.174 e. The van der Waals surface area contributed by atoms with Gasteiger partial charge in [0.05, 0.1) is 6.61 Å². The molecule has 1 aromatic heterocycles. The maximum absolute atomic E-state index is 5.89. The number of thiophene rings is 1. The second-order valence-corrected chi connectivity index (χ2v) is 6.39. The van der Waals surface area contributed by atoms with Crippen molar-refractivity contribution >= 4 is 11.3 Å². The van der Waals surface area contributed by atoms with E-state index in [0.717, 1.165) is 37.1 Å². The quantitative estimate of drug-likeness (QED) is 0.801. The molecule has 18 heavy (non-hydrogen) atoms. The van der Waals surface area contributed by atoms with E-state index in [1.807, 2.05) is 11.3 Å². The molecule has 0 bridgehead atoms. The van der Waals surface area contributed by atoms with E-state index >= 15 is 0 Å². The Kier molecular flexibility index (Phi) is 4.18. The molecule has 3 heterocycles. The van der Waals surface area contributed by atoms with E-state index in [0.29, 0.717) is 0 Å². The minimum absolute atomic E-state index is 0.878. The Hall–Kier alpha value is -0.580. The molecule has 0 aliphatic carbocycles. The van der Waals surface area contributed by atoms with Crippen molar-refractivity contribution in [3.05, 3.63) is 16.5 Å². The van der Waals surface area contributed by atoms with Crippen LogP contribution in [0.5, 0.6) is 5.06 Å². The minimum atomic E-state index is 0.878. The highest BCUT2D eigenvalue weighted by atomic mass is 32.1. The normalized spacial score (nSPS) is 23.0. The Morgan fingerprint density at radius 2 is 2.33 bits per heavy atom. The van der Waals surface area contributed by atoms with Crippen LogP contribution in [0.3, 0.4) is 0 Å². The fourth-order valence-electron chi connectivity index (χ4n) is 2.80. The third kappa shape index (κ3) is 3.05. The first-order valence-corrected chi connectivity index (χ1v) is 7.89. The average molecular weight is 266 g/mol. The van der Waals surface area contributed by atoms with Crippen LogP contribution in [-0.2, 0) is 13.0 Å². The minimum Gasteiger partial charge on any atom is -0.484 e. The average Bonchev–Trinajstić information content (AvgIpc) is 3.03. The highest BCUT2D eigenvalue weighted by molar-refractivity contribution is 7.14. The standard InChI is InChI=1S/C14H22N2OS/c1(2-11-3-5-15-9-11)7-17-14-8-12-4-6-16-10-13(12)18-14/h8,11,15-16H,1-7,9-10H2. The van der Waals surface area contributed by atoms with Crippen LogP contribution in [-0.4, -0.2) is 26.2 Å². The van der Waals surface area contributed by atoms with E-state index in [-0.39, 0.29) is 0 Å². The molecule has 2 aliphatic heterocycles. The van der Waals surface area contributed by atoms with E-state index in [1.165, 1.54) is 42.8 Å². The second-order valence-electron chi connectivity index (χ2n) is 5.29. The molecule has 0 amide bonds. The van der Waals surface area contributed by atoms with Crippen molar-refractivity contribution in [3.63, 3.8) is 0 Å². The predicted octanol–water partition coefficient (Wildman–Crippen LogP) is 2.16. The summed E-state index contributed by atoms with van der Waals surface area (Å²) in [5, 5.41) is 7.94. The molecular formula is C14H22N2OS. The molecule has 2 aliphatic rings. The van der Waals surface area contributed by atoms with Crippen LogP contribution in [0.2, 0.25) is 0 Å². The third-order valence-corrected chi connectivity index (χ3v) is 4.98. The number of nitrogens with one attached hydrogen (secondary N) is 2. The van der Waals surface area contributed by atoms with Crippen molar-refractivity contribution < 1.29 is 4.74 Å². The number of hydrogen-bond acceptors (Lipinski definition) is 4. The molecule has 0 spiro atoms. The first-order valence-electron chi connectivity index (χ1n) is 7.07. The SMILES string of the molecule is c1c(OCCCC2CCNC2)sc2c1CCNC2. The summed E-state index contributed by atoms with van der Waals surface area (Å²) in [5.74, 6) is 0.884. The third-order valence-electron chi connectivity index (χ3n) is 3.89. The number of hydrogen-bond donors (Lipinski definition) is 2. The molecular weight excluding hydrogens is 244 g/mol. The van der Waals surface area contributed by atoms with Crippen molar-refractivity contribution in [2.75, 3.05) is 26.2 Å². The van der Waals surface area contributed by atoms with Crippen LogP contribution in [0.1, 0.15) is 29.7 Å².